The third kappa shape index (κ3) is 3.98. The topological polar surface area (TPSA) is 38.7 Å². The van der Waals surface area contributed by atoms with Crippen molar-refractivity contribution in [1.82, 2.24) is 15.1 Å². The maximum atomic E-state index is 9.83. The monoisotopic (exact) mass is 295 g/mol. The van der Waals surface area contributed by atoms with Gasteiger partial charge in [0.25, 0.3) is 0 Å². The molecule has 2 heterocycles. The van der Waals surface area contributed by atoms with E-state index in [4.69, 9.17) is 0 Å². The molecule has 1 saturated carbocycles. The van der Waals surface area contributed by atoms with Crippen LogP contribution in [0.2, 0.25) is 0 Å². The van der Waals surface area contributed by atoms with Gasteiger partial charge in [0.15, 0.2) is 0 Å². The highest BCUT2D eigenvalue weighted by Crippen LogP contribution is 2.27. The Morgan fingerprint density at radius 2 is 2.05 bits per heavy atom. The second kappa shape index (κ2) is 6.95. The quantitative estimate of drug-likeness (QED) is 0.711. The Balaban J connectivity index is 1.41. The number of hydrogen-bond acceptors (Lipinski definition) is 4. The summed E-state index contributed by atoms with van der Waals surface area (Å²) in [5.74, 6) is 0. The summed E-state index contributed by atoms with van der Waals surface area (Å²) in [7, 11) is 0. The number of nitrogens with zero attached hydrogens (tertiary/aromatic N) is 2. The van der Waals surface area contributed by atoms with Gasteiger partial charge in [-0.15, -0.1) is 0 Å². The van der Waals surface area contributed by atoms with Crippen LogP contribution in [0.3, 0.4) is 0 Å². The highest BCUT2D eigenvalue weighted by atomic mass is 16.3. The van der Waals surface area contributed by atoms with Crippen LogP contribution in [0.1, 0.15) is 51.9 Å². The summed E-state index contributed by atoms with van der Waals surface area (Å²) in [5, 5.41) is 13.5. The predicted octanol–water partition coefficient (Wildman–Crippen LogP) is 1.44. The zero-order valence-corrected chi connectivity index (χ0v) is 13.7. The molecule has 0 aromatic rings. The standard InChI is InChI=1S/C17H33N3O/c1-2-17(14-21,18-15-6-7-15)8-4-9-19-11-12-20-10-3-5-16(20)13-19/h15-16,18,21H,2-14H2,1H3. The molecule has 2 atom stereocenters. The fraction of sp³-hybridized carbons (Fsp3) is 1.00. The van der Waals surface area contributed by atoms with Crippen molar-refractivity contribution in [3.63, 3.8) is 0 Å². The second-order valence-electron chi connectivity index (χ2n) is 7.45. The number of rotatable bonds is 8. The van der Waals surface area contributed by atoms with Crippen LogP contribution < -0.4 is 5.32 Å². The van der Waals surface area contributed by atoms with Gasteiger partial charge in [0.2, 0.25) is 0 Å². The van der Waals surface area contributed by atoms with Crippen molar-refractivity contribution in [3.05, 3.63) is 0 Å². The lowest BCUT2D eigenvalue weighted by molar-refractivity contribution is 0.0942. The summed E-state index contributed by atoms with van der Waals surface area (Å²) >= 11 is 0. The molecule has 0 aromatic carbocycles. The Morgan fingerprint density at radius 1 is 1.19 bits per heavy atom. The first-order chi connectivity index (χ1) is 10.2. The van der Waals surface area contributed by atoms with Crippen LogP contribution in [0.15, 0.2) is 0 Å². The van der Waals surface area contributed by atoms with Crippen LogP contribution >= 0.6 is 0 Å². The summed E-state index contributed by atoms with van der Waals surface area (Å²) in [6, 6.07) is 1.51. The highest BCUT2D eigenvalue weighted by Gasteiger charge is 2.34. The number of aliphatic hydroxyl groups is 1. The molecule has 4 nitrogen and oxygen atoms in total. The second-order valence-corrected chi connectivity index (χ2v) is 7.45. The van der Waals surface area contributed by atoms with Gasteiger partial charge in [-0.3, -0.25) is 4.90 Å². The molecule has 2 N–H and O–H groups in total. The number of nitrogens with one attached hydrogen (secondary N) is 1. The first-order valence-corrected chi connectivity index (χ1v) is 9.10. The molecule has 4 heteroatoms. The van der Waals surface area contributed by atoms with E-state index < -0.39 is 0 Å². The summed E-state index contributed by atoms with van der Waals surface area (Å²) in [6.45, 7) is 8.81. The molecule has 2 aliphatic heterocycles. The summed E-state index contributed by atoms with van der Waals surface area (Å²) in [6.07, 6.45) is 8.75. The number of aliphatic hydroxyl groups excluding tert-OH is 1. The van der Waals surface area contributed by atoms with Crippen molar-refractivity contribution >= 4 is 0 Å². The third-order valence-corrected chi connectivity index (χ3v) is 5.87. The molecule has 3 aliphatic rings. The van der Waals surface area contributed by atoms with Crippen molar-refractivity contribution in [1.29, 1.82) is 0 Å². The zero-order valence-electron chi connectivity index (χ0n) is 13.7. The normalized spacial score (nSPS) is 30.3. The number of fused-ring (bicyclic) bond motifs is 1. The molecule has 21 heavy (non-hydrogen) atoms. The number of hydrogen-bond donors (Lipinski definition) is 2. The van der Waals surface area contributed by atoms with Gasteiger partial charge in [0.05, 0.1) is 6.61 Å². The molecule has 2 unspecified atom stereocenters. The molecule has 122 valence electrons. The lowest BCUT2D eigenvalue weighted by Crippen LogP contribution is -2.51. The van der Waals surface area contributed by atoms with Gasteiger partial charge >= 0.3 is 0 Å². The van der Waals surface area contributed by atoms with Gasteiger partial charge in [-0.05, 0) is 58.0 Å². The molecule has 0 radical (unpaired) electrons. The fourth-order valence-corrected chi connectivity index (χ4v) is 4.15. The minimum absolute atomic E-state index is 0.0175. The Bertz CT molecular complexity index is 328. The Hall–Kier alpha value is -0.160. The van der Waals surface area contributed by atoms with E-state index >= 15 is 0 Å². The van der Waals surface area contributed by atoms with E-state index in [0.29, 0.717) is 6.04 Å². The minimum Gasteiger partial charge on any atom is -0.394 e. The average Bonchev–Trinajstić information content (AvgIpc) is 3.20. The van der Waals surface area contributed by atoms with Gasteiger partial charge in [-0.2, -0.15) is 0 Å². The van der Waals surface area contributed by atoms with Crippen LogP contribution in [0, 0.1) is 0 Å². The fourth-order valence-electron chi connectivity index (χ4n) is 4.15. The highest BCUT2D eigenvalue weighted by molar-refractivity contribution is 4.95. The first-order valence-electron chi connectivity index (χ1n) is 9.10. The first kappa shape index (κ1) is 15.7. The van der Waals surface area contributed by atoms with E-state index in [1.165, 1.54) is 64.8 Å². The number of piperazine rings is 1. The maximum absolute atomic E-state index is 9.83. The molecule has 2 saturated heterocycles. The molecule has 1 aliphatic carbocycles. The van der Waals surface area contributed by atoms with Crippen molar-refractivity contribution in [2.45, 2.75) is 69.5 Å². The van der Waals surface area contributed by atoms with Crippen molar-refractivity contribution in [3.8, 4) is 0 Å². The lowest BCUT2D eigenvalue weighted by Gasteiger charge is -2.38. The summed E-state index contributed by atoms with van der Waals surface area (Å²) < 4.78 is 0. The third-order valence-electron chi connectivity index (χ3n) is 5.87. The van der Waals surface area contributed by atoms with Crippen LogP contribution in [-0.2, 0) is 0 Å². The largest absolute Gasteiger partial charge is 0.394 e. The van der Waals surface area contributed by atoms with Gasteiger partial charge in [-0.25, -0.2) is 0 Å². The van der Waals surface area contributed by atoms with Crippen LogP contribution in [0.25, 0.3) is 0 Å². The van der Waals surface area contributed by atoms with Gasteiger partial charge in [0, 0.05) is 37.3 Å². The Labute approximate surface area is 129 Å². The summed E-state index contributed by atoms with van der Waals surface area (Å²) in [4.78, 5) is 5.33. The molecule has 0 amide bonds. The molecule has 3 fully saturated rings. The molecule has 0 aromatic heterocycles. The van der Waals surface area contributed by atoms with Gasteiger partial charge < -0.3 is 15.3 Å². The molecular weight excluding hydrogens is 262 g/mol. The SMILES string of the molecule is CCC(CO)(CCCN1CCN2CCCC2C1)NC1CC1. The van der Waals surface area contributed by atoms with Gasteiger partial charge in [0.1, 0.15) is 0 Å². The van der Waals surface area contributed by atoms with Crippen LogP contribution in [0.5, 0.6) is 0 Å². The predicted molar refractivity (Wildman–Crippen MR) is 86.5 cm³/mol. The molecule has 0 spiro atoms. The van der Waals surface area contributed by atoms with Crippen molar-refractivity contribution in [2.24, 2.45) is 0 Å². The van der Waals surface area contributed by atoms with E-state index in [9.17, 15) is 5.11 Å². The molecule has 0 bridgehead atoms. The molecular formula is C17H33N3O. The average molecular weight is 295 g/mol. The smallest absolute Gasteiger partial charge is 0.0613 e. The summed E-state index contributed by atoms with van der Waals surface area (Å²) in [5.41, 5.74) is -0.0175. The van der Waals surface area contributed by atoms with Crippen molar-refractivity contribution in [2.75, 3.05) is 39.3 Å². The van der Waals surface area contributed by atoms with Crippen LogP contribution in [0.4, 0.5) is 0 Å². The van der Waals surface area contributed by atoms with E-state index in [-0.39, 0.29) is 12.1 Å². The Kier molecular flexibility index (Phi) is 5.20. The lowest BCUT2D eigenvalue weighted by atomic mass is 9.90. The van der Waals surface area contributed by atoms with Crippen LogP contribution in [-0.4, -0.2) is 71.9 Å². The minimum atomic E-state index is -0.0175. The van der Waals surface area contributed by atoms with E-state index in [0.717, 1.165) is 18.9 Å². The van der Waals surface area contributed by atoms with Crippen molar-refractivity contribution < 1.29 is 5.11 Å². The van der Waals surface area contributed by atoms with E-state index in [1.807, 2.05) is 0 Å². The Morgan fingerprint density at radius 3 is 2.76 bits per heavy atom. The molecule has 3 rings (SSSR count). The van der Waals surface area contributed by atoms with Gasteiger partial charge in [-0.1, -0.05) is 6.92 Å². The zero-order chi connectivity index (χ0) is 14.7. The van der Waals surface area contributed by atoms with E-state index in [1.54, 1.807) is 0 Å². The maximum Gasteiger partial charge on any atom is 0.0613 e. The van der Waals surface area contributed by atoms with E-state index in [2.05, 4.69) is 22.0 Å².